The van der Waals surface area contributed by atoms with Crippen LogP contribution in [-0.2, 0) is 10.7 Å². The van der Waals surface area contributed by atoms with E-state index < -0.39 is 10.7 Å². The molecule has 0 bridgehead atoms. The predicted octanol–water partition coefficient (Wildman–Crippen LogP) is 1.03. The van der Waals surface area contributed by atoms with Crippen molar-refractivity contribution in [2.75, 3.05) is 0 Å². The first-order valence-electron chi connectivity index (χ1n) is 2.32. The summed E-state index contributed by atoms with van der Waals surface area (Å²) in [6, 6.07) is 0. The summed E-state index contributed by atoms with van der Waals surface area (Å²) >= 11 is 0. The summed E-state index contributed by atoms with van der Waals surface area (Å²) in [6.07, 6.45) is 0.721. The Bertz CT molecular complexity index is 99.0. The molecular weight excluding hydrogens is 124 g/mol. The van der Waals surface area contributed by atoms with Crippen molar-refractivity contribution in [3.63, 3.8) is 0 Å². The Morgan fingerprint density at radius 3 is 1.88 bits per heavy atom. The molecule has 0 amide bonds. The van der Waals surface area contributed by atoms with Gasteiger partial charge in [0, 0.05) is 0 Å². The van der Waals surface area contributed by atoms with E-state index in [1.165, 1.54) is 0 Å². The number of hydrogen-bond acceptors (Lipinski definition) is 2. The van der Waals surface area contributed by atoms with Gasteiger partial charge >= 0.3 is 0 Å². The predicted molar refractivity (Wildman–Crippen MR) is 36.8 cm³/mol. The van der Waals surface area contributed by atoms with E-state index in [0.29, 0.717) is 0 Å². The third-order valence-electron chi connectivity index (χ3n) is 0.951. The Morgan fingerprint density at radius 2 is 1.88 bits per heavy atom. The topological polar surface area (TPSA) is 34.1 Å². The zero-order valence-electron chi connectivity index (χ0n) is 4.55. The lowest BCUT2D eigenvalue weighted by Crippen LogP contribution is -1.99. The van der Waals surface area contributed by atoms with Gasteiger partial charge in [-0.05, 0) is 13.3 Å². The largest absolute Gasteiger partial charge is 0.232 e. The summed E-state index contributed by atoms with van der Waals surface area (Å²) in [6.45, 7) is 3.56. The Morgan fingerprint density at radius 1 is 1.50 bits per heavy atom. The summed E-state index contributed by atoms with van der Waals surface area (Å²) in [5.74, 6) is 0. The first-order chi connectivity index (χ1) is 3.18. The number of rotatable bonds is 2. The lowest BCUT2D eigenvalue weighted by molar-refractivity contribution is 0.601. The fourth-order valence-electron chi connectivity index (χ4n) is 0.149. The van der Waals surface area contributed by atoms with E-state index in [0.717, 1.165) is 6.42 Å². The molecule has 52 valence electrons. The zero-order chi connectivity index (χ0) is 5.86. The van der Waals surface area contributed by atoms with Gasteiger partial charge in [-0.2, -0.15) is 0 Å². The summed E-state index contributed by atoms with van der Waals surface area (Å²) in [5, 5.41) is -0.144. The van der Waals surface area contributed by atoms with Crippen molar-refractivity contribution in [3.05, 3.63) is 0 Å². The average Bonchev–Trinajstić information content (AvgIpc) is 1.65. The highest BCUT2D eigenvalue weighted by Gasteiger charge is 1.96. The van der Waals surface area contributed by atoms with Crippen molar-refractivity contribution in [3.8, 4) is 0 Å². The molecule has 3 heteroatoms. The Labute approximate surface area is 52.9 Å². The monoisotopic (exact) mass is 138 g/mol. The Kier molecular flexibility index (Phi) is 6.91. The molecule has 8 heavy (non-hydrogen) atoms. The molecule has 0 radical (unpaired) electrons. The summed E-state index contributed by atoms with van der Waals surface area (Å²) < 4.78 is 19.9. The van der Waals surface area contributed by atoms with Crippen molar-refractivity contribution >= 4 is 10.7 Å². The van der Waals surface area contributed by atoms with Crippen LogP contribution in [0.4, 0.5) is 0 Å². The maximum Gasteiger partial charge on any atom is 0.142 e. The van der Waals surface area contributed by atoms with Crippen LogP contribution >= 0.6 is 0 Å². The minimum Gasteiger partial charge on any atom is -0.232 e. The van der Waals surface area contributed by atoms with Crippen LogP contribution in [0.3, 0.4) is 0 Å². The maximum absolute atomic E-state index is 9.97. The van der Waals surface area contributed by atoms with Crippen molar-refractivity contribution in [1.82, 2.24) is 0 Å². The SMILES string of the molecule is C.CCC(C)[SH](=O)=O. The molecule has 0 N–H and O–H groups in total. The van der Waals surface area contributed by atoms with Crippen LogP contribution < -0.4 is 0 Å². The number of thiol groups is 1. The van der Waals surface area contributed by atoms with Crippen LogP contribution in [-0.4, -0.2) is 13.7 Å². The Hall–Kier alpha value is -0.0500. The molecule has 0 aromatic heterocycles. The van der Waals surface area contributed by atoms with Crippen LogP contribution in [0.15, 0.2) is 0 Å². The lowest BCUT2D eigenvalue weighted by Gasteiger charge is -1.91. The summed E-state index contributed by atoms with van der Waals surface area (Å²) in [5.41, 5.74) is 0. The molecule has 0 saturated heterocycles. The van der Waals surface area contributed by atoms with E-state index in [9.17, 15) is 8.42 Å². The van der Waals surface area contributed by atoms with Gasteiger partial charge in [0.15, 0.2) is 0 Å². The summed E-state index contributed by atoms with van der Waals surface area (Å²) in [4.78, 5) is 0. The molecule has 0 fully saturated rings. The molecule has 0 heterocycles. The first kappa shape index (κ1) is 10.8. The molecule has 1 atom stereocenters. The van der Waals surface area contributed by atoms with Gasteiger partial charge in [-0.25, -0.2) is 8.42 Å². The molecule has 2 nitrogen and oxygen atoms in total. The second-order valence-electron chi connectivity index (χ2n) is 1.54. The Balaban J connectivity index is 0. The van der Waals surface area contributed by atoms with Crippen LogP contribution in [0, 0.1) is 0 Å². The lowest BCUT2D eigenvalue weighted by atomic mass is 10.4. The molecule has 0 aliphatic heterocycles. The van der Waals surface area contributed by atoms with Gasteiger partial charge in [0.2, 0.25) is 0 Å². The summed E-state index contributed by atoms with van der Waals surface area (Å²) in [7, 11) is -2.16. The van der Waals surface area contributed by atoms with Crippen LogP contribution in [0.25, 0.3) is 0 Å². The minimum absolute atomic E-state index is 0. The first-order valence-corrected chi connectivity index (χ1v) is 3.56. The molecule has 0 aromatic carbocycles. The van der Waals surface area contributed by atoms with Gasteiger partial charge in [0.05, 0.1) is 5.25 Å². The second-order valence-corrected chi connectivity index (χ2v) is 2.99. The van der Waals surface area contributed by atoms with Gasteiger partial charge in [-0.1, -0.05) is 14.4 Å². The van der Waals surface area contributed by atoms with E-state index in [1.54, 1.807) is 6.92 Å². The fraction of sp³-hybridized carbons (Fsp3) is 1.00. The number of hydrogen-bond donors (Lipinski definition) is 1. The van der Waals surface area contributed by atoms with Crippen molar-refractivity contribution in [2.45, 2.75) is 32.9 Å². The standard InChI is InChI=1S/C4H10O2S.CH4/c1-3-4(2)7(5)6;/h4,7H,3H2,1-2H3;1H4. The quantitative estimate of drug-likeness (QED) is 0.578. The van der Waals surface area contributed by atoms with Crippen molar-refractivity contribution in [2.24, 2.45) is 0 Å². The highest BCUT2D eigenvalue weighted by Crippen LogP contribution is 1.90. The van der Waals surface area contributed by atoms with Crippen LogP contribution in [0.5, 0.6) is 0 Å². The van der Waals surface area contributed by atoms with Crippen molar-refractivity contribution in [1.29, 1.82) is 0 Å². The third kappa shape index (κ3) is 4.12. The van der Waals surface area contributed by atoms with Gasteiger partial charge in [-0.15, -0.1) is 0 Å². The smallest absolute Gasteiger partial charge is 0.142 e. The van der Waals surface area contributed by atoms with Gasteiger partial charge in [0.1, 0.15) is 10.7 Å². The van der Waals surface area contributed by atoms with E-state index >= 15 is 0 Å². The van der Waals surface area contributed by atoms with E-state index in [2.05, 4.69) is 0 Å². The van der Waals surface area contributed by atoms with E-state index in [-0.39, 0.29) is 12.7 Å². The van der Waals surface area contributed by atoms with Gasteiger partial charge in [0.25, 0.3) is 0 Å². The van der Waals surface area contributed by atoms with Crippen molar-refractivity contribution < 1.29 is 8.42 Å². The molecule has 0 aliphatic carbocycles. The highest BCUT2D eigenvalue weighted by atomic mass is 32.2. The van der Waals surface area contributed by atoms with Gasteiger partial charge in [-0.3, -0.25) is 0 Å². The second kappa shape index (κ2) is 5.09. The molecule has 0 aliphatic rings. The third-order valence-corrected chi connectivity index (χ3v) is 2.04. The fourth-order valence-corrected chi connectivity index (χ4v) is 0.447. The maximum atomic E-state index is 9.97. The molecule has 0 aromatic rings. The van der Waals surface area contributed by atoms with Crippen LogP contribution in [0.2, 0.25) is 0 Å². The average molecular weight is 138 g/mol. The highest BCUT2D eigenvalue weighted by molar-refractivity contribution is 7.73. The molecular formula is C5H14O2S. The molecule has 0 spiro atoms. The molecule has 0 saturated carbocycles. The van der Waals surface area contributed by atoms with E-state index in [4.69, 9.17) is 0 Å². The normalized spacial score (nSPS) is 12.9. The minimum atomic E-state index is -2.16. The van der Waals surface area contributed by atoms with E-state index in [1.807, 2.05) is 6.92 Å². The van der Waals surface area contributed by atoms with Crippen LogP contribution in [0.1, 0.15) is 27.7 Å². The zero-order valence-corrected chi connectivity index (χ0v) is 5.44. The molecule has 0 rings (SSSR count). The van der Waals surface area contributed by atoms with Gasteiger partial charge < -0.3 is 0 Å². The molecule has 1 unspecified atom stereocenters.